The summed E-state index contributed by atoms with van der Waals surface area (Å²) in [6.07, 6.45) is 1.38. The van der Waals surface area contributed by atoms with Crippen LogP contribution in [-0.2, 0) is 16.2 Å². The second-order valence-electron chi connectivity index (χ2n) is 7.57. The van der Waals surface area contributed by atoms with Crippen molar-refractivity contribution in [2.75, 3.05) is 11.7 Å². The molecule has 3 aromatic carbocycles. The maximum atomic E-state index is 13.2. The number of carbonyl (C=O) groups excluding carboxylic acids is 3. The third kappa shape index (κ3) is 4.53. The molecule has 0 aliphatic carbocycles. The minimum Gasteiger partial charge on any atom is -0.488 e. The Hall–Kier alpha value is -4.01. The lowest BCUT2D eigenvalue weighted by Gasteiger charge is -2.26. The second-order valence-corrected chi connectivity index (χ2v) is 8.38. The molecule has 8 nitrogen and oxygen atoms in total. The average molecular weight is 511 g/mol. The lowest BCUT2D eigenvalue weighted by molar-refractivity contribution is -0.122. The molecule has 0 radical (unpaired) electrons. The first-order valence-electron chi connectivity index (χ1n) is 10.4. The third-order valence-electron chi connectivity index (χ3n) is 5.31. The molecule has 0 aromatic heterocycles. The Kier molecular flexibility index (Phi) is 6.07. The van der Waals surface area contributed by atoms with Crippen LogP contribution in [-0.4, -0.2) is 24.6 Å². The van der Waals surface area contributed by atoms with Gasteiger partial charge in [-0.05, 0) is 42.0 Å². The summed E-state index contributed by atoms with van der Waals surface area (Å²) in [5, 5.41) is 3.04. The Bertz CT molecular complexity index is 1400. The van der Waals surface area contributed by atoms with Crippen molar-refractivity contribution < 1.29 is 28.6 Å². The fraction of sp³-hybridized carbons (Fsp3) is 0.0800. The van der Waals surface area contributed by atoms with Crippen LogP contribution in [0.15, 0.2) is 66.2 Å². The number of urea groups is 1. The van der Waals surface area contributed by atoms with Gasteiger partial charge in [0, 0.05) is 11.6 Å². The number of benzene rings is 3. The number of hydrogen-bond donors (Lipinski definition) is 1. The van der Waals surface area contributed by atoms with Gasteiger partial charge in [0.25, 0.3) is 11.8 Å². The Morgan fingerprint density at radius 1 is 0.943 bits per heavy atom. The first kappa shape index (κ1) is 22.8. The van der Waals surface area contributed by atoms with Crippen LogP contribution in [0.3, 0.4) is 0 Å². The number of nitrogens with zero attached hydrogens (tertiary/aromatic N) is 1. The summed E-state index contributed by atoms with van der Waals surface area (Å²) in [4.78, 5) is 39.2. The Labute approximate surface area is 209 Å². The number of imide groups is 2. The topological polar surface area (TPSA) is 94.2 Å². The predicted molar refractivity (Wildman–Crippen MR) is 129 cm³/mol. The number of ether oxygens (including phenoxy) is 3. The number of nitrogens with one attached hydrogen (secondary N) is 1. The molecule has 0 saturated carbocycles. The SMILES string of the molecule is O=C1NC(=O)N(c2ccc3c(c2)OCO3)C(=O)/C1=C/c1ccccc1OCc1ccc(Cl)c(Cl)c1. The van der Waals surface area contributed by atoms with Crippen molar-refractivity contribution >= 4 is 52.8 Å². The van der Waals surface area contributed by atoms with E-state index in [2.05, 4.69) is 5.32 Å². The zero-order valence-electron chi connectivity index (χ0n) is 17.9. The molecule has 1 fully saturated rings. The molecule has 0 bridgehead atoms. The maximum absolute atomic E-state index is 13.2. The minimum atomic E-state index is -0.861. The largest absolute Gasteiger partial charge is 0.488 e. The van der Waals surface area contributed by atoms with Crippen molar-refractivity contribution in [1.29, 1.82) is 0 Å². The van der Waals surface area contributed by atoms with Crippen molar-refractivity contribution in [3.63, 3.8) is 0 Å². The smallest absolute Gasteiger partial charge is 0.335 e. The van der Waals surface area contributed by atoms with Crippen LogP contribution in [0.2, 0.25) is 10.0 Å². The van der Waals surface area contributed by atoms with E-state index in [0.29, 0.717) is 32.9 Å². The fourth-order valence-electron chi connectivity index (χ4n) is 3.59. The van der Waals surface area contributed by atoms with Gasteiger partial charge >= 0.3 is 6.03 Å². The molecule has 2 aliphatic rings. The molecule has 10 heteroatoms. The van der Waals surface area contributed by atoms with Crippen molar-refractivity contribution in [2.45, 2.75) is 6.61 Å². The molecule has 0 atom stereocenters. The first-order chi connectivity index (χ1) is 16.9. The van der Waals surface area contributed by atoms with Crippen LogP contribution < -0.4 is 24.4 Å². The van der Waals surface area contributed by atoms with Crippen LogP contribution in [0.25, 0.3) is 6.08 Å². The number of halogens is 2. The van der Waals surface area contributed by atoms with Crippen molar-refractivity contribution in [3.8, 4) is 17.2 Å². The molecule has 0 spiro atoms. The summed E-state index contributed by atoms with van der Waals surface area (Å²) in [6.45, 7) is 0.223. The van der Waals surface area contributed by atoms with Crippen LogP contribution >= 0.6 is 23.2 Å². The Morgan fingerprint density at radius 3 is 2.57 bits per heavy atom. The minimum absolute atomic E-state index is 0.0432. The van der Waals surface area contributed by atoms with Crippen LogP contribution in [0, 0.1) is 0 Å². The van der Waals surface area contributed by atoms with Crippen molar-refractivity contribution in [3.05, 3.63) is 87.4 Å². The molecule has 176 valence electrons. The zero-order chi connectivity index (χ0) is 24.5. The van der Waals surface area contributed by atoms with E-state index >= 15 is 0 Å². The summed E-state index contributed by atoms with van der Waals surface area (Å²) in [5.41, 5.74) is 1.27. The average Bonchev–Trinajstić information content (AvgIpc) is 3.31. The van der Waals surface area contributed by atoms with E-state index in [-0.39, 0.29) is 24.7 Å². The van der Waals surface area contributed by atoms with Gasteiger partial charge in [-0.2, -0.15) is 0 Å². The van der Waals surface area contributed by atoms with Gasteiger partial charge in [0.15, 0.2) is 11.5 Å². The van der Waals surface area contributed by atoms with Crippen molar-refractivity contribution in [2.24, 2.45) is 0 Å². The molecular weight excluding hydrogens is 495 g/mol. The first-order valence-corrected chi connectivity index (χ1v) is 11.1. The zero-order valence-corrected chi connectivity index (χ0v) is 19.4. The van der Waals surface area contributed by atoms with E-state index in [9.17, 15) is 14.4 Å². The molecular formula is C25H16Cl2N2O6. The highest BCUT2D eigenvalue weighted by Gasteiger charge is 2.37. The molecule has 0 unspecified atom stereocenters. The van der Waals surface area contributed by atoms with Crippen molar-refractivity contribution in [1.82, 2.24) is 5.32 Å². The number of amides is 4. The summed E-state index contributed by atoms with van der Waals surface area (Å²) in [5.74, 6) is -0.267. The van der Waals surface area contributed by atoms with Gasteiger partial charge in [0.2, 0.25) is 6.79 Å². The van der Waals surface area contributed by atoms with E-state index in [0.717, 1.165) is 10.5 Å². The number of fused-ring (bicyclic) bond motifs is 1. The second kappa shape index (κ2) is 9.32. The molecule has 4 amide bonds. The van der Waals surface area contributed by atoms with E-state index < -0.39 is 17.8 Å². The van der Waals surface area contributed by atoms with E-state index in [1.807, 2.05) is 0 Å². The van der Waals surface area contributed by atoms with Gasteiger partial charge in [-0.1, -0.05) is 47.5 Å². The summed E-state index contributed by atoms with van der Waals surface area (Å²) in [6, 6.07) is 15.8. The van der Waals surface area contributed by atoms with Crippen LogP contribution in [0.1, 0.15) is 11.1 Å². The number of anilines is 1. The monoisotopic (exact) mass is 510 g/mol. The lowest BCUT2D eigenvalue weighted by atomic mass is 10.1. The highest BCUT2D eigenvalue weighted by molar-refractivity contribution is 6.42. The van der Waals surface area contributed by atoms with Gasteiger partial charge < -0.3 is 14.2 Å². The van der Waals surface area contributed by atoms with E-state index in [1.165, 1.54) is 18.2 Å². The van der Waals surface area contributed by atoms with Gasteiger partial charge in [0.1, 0.15) is 17.9 Å². The highest BCUT2D eigenvalue weighted by Crippen LogP contribution is 2.36. The summed E-state index contributed by atoms with van der Waals surface area (Å²) >= 11 is 12.0. The van der Waals surface area contributed by atoms with E-state index in [4.69, 9.17) is 37.4 Å². The number of hydrogen-bond acceptors (Lipinski definition) is 6. The fourth-order valence-corrected chi connectivity index (χ4v) is 3.91. The highest BCUT2D eigenvalue weighted by atomic mass is 35.5. The Morgan fingerprint density at radius 2 is 1.74 bits per heavy atom. The number of para-hydroxylation sites is 1. The van der Waals surface area contributed by atoms with Crippen LogP contribution in [0.5, 0.6) is 17.2 Å². The molecule has 2 heterocycles. The third-order valence-corrected chi connectivity index (χ3v) is 6.05. The molecule has 3 aromatic rings. The van der Waals surface area contributed by atoms with Gasteiger partial charge in [-0.3, -0.25) is 14.9 Å². The normalized spacial score (nSPS) is 16.0. The summed E-state index contributed by atoms with van der Waals surface area (Å²) in [7, 11) is 0. The maximum Gasteiger partial charge on any atom is 0.335 e. The van der Waals surface area contributed by atoms with E-state index in [1.54, 1.807) is 48.5 Å². The quantitative estimate of drug-likeness (QED) is 0.384. The molecule has 5 rings (SSSR count). The predicted octanol–water partition coefficient (Wildman–Crippen LogP) is 4.97. The van der Waals surface area contributed by atoms with Gasteiger partial charge in [-0.15, -0.1) is 0 Å². The molecule has 1 N–H and O–H groups in total. The lowest BCUT2D eigenvalue weighted by Crippen LogP contribution is -2.54. The molecule has 35 heavy (non-hydrogen) atoms. The summed E-state index contributed by atoms with van der Waals surface area (Å²) < 4.78 is 16.5. The van der Waals surface area contributed by atoms with Gasteiger partial charge in [0.05, 0.1) is 15.7 Å². The number of rotatable bonds is 5. The molecule has 1 saturated heterocycles. The Balaban J connectivity index is 1.43. The number of carbonyl (C=O) groups is 3. The number of barbiturate groups is 1. The van der Waals surface area contributed by atoms with Gasteiger partial charge in [-0.25, -0.2) is 9.69 Å². The van der Waals surface area contributed by atoms with Crippen LogP contribution in [0.4, 0.5) is 10.5 Å². The molecule has 2 aliphatic heterocycles. The standard InChI is InChI=1S/C25H16Cl2N2O6/c26-18-7-5-14(9-19(18)27)12-33-20-4-2-1-3-15(20)10-17-23(30)28-25(32)29(24(17)31)16-6-8-21-22(11-16)35-13-34-21/h1-11H,12-13H2,(H,28,30,32)/b17-10+.